The Labute approximate surface area is 200 Å². The Balaban J connectivity index is 1.52. The van der Waals surface area contributed by atoms with Crippen molar-refractivity contribution in [1.82, 2.24) is 15.1 Å². The van der Waals surface area contributed by atoms with E-state index in [-0.39, 0.29) is 30.6 Å². The first kappa shape index (κ1) is 23.8. The number of ether oxygens (including phenoxy) is 1. The maximum atomic E-state index is 13.9. The van der Waals surface area contributed by atoms with E-state index in [9.17, 15) is 14.0 Å². The van der Waals surface area contributed by atoms with E-state index in [4.69, 9.17) is 4.74 Å². The molecule has 0 radical (unpaired) electrons. The van der Waals surface area contributed by atoms with Crippen LogP contribution in [0.15, 0.2) is 48.5 Å². The fourth-order valence-corrected chi connectivity index (χ4v) is 5.03. The Kier molecular flexibility index (Phi) is 7.18. The van der Waals surface area contributed by atoms with Crippen molar-refractivity contribution < 1.29 is 18.7 Å². The highest BCUT2D eigenvalue weighted by Crippen LogP contribution is 2.37. The summed E-state index contributed by atoms with van der Waals surface area (Å²) >= 11 is 0. The summed E-state index contributed by atoms with van der Waals surface area (Å²) in [5, 5.41) is 3.01. The van der Waals surface area contributed by atoms with Gasteiger partial charge in [-0.15, -0.1) is 5.92 Å². The summed E-state index contributed by atoms with van der Waals surface area (Å²) in [5.74, 6) is 5.72. The normalized spacial score (nSPS) is 21.2. The minimum atomic E-state index is -1.09. The summed E-state index contributed by atoms with van der Waals surface area (Å²) in [6.07, 6.45) is 1.77. The fourth-order valence-electron chi connectivity index (χ4n) is 5.03. The van der Waals surface area contributed by atoms with Gasteiger partial charge < -0.3 is 10.1 Å². The second kappa shape index (κ2) is 10.3. The number of benzene rings is 2. The van der Waals surface area contributed by atoms with Crippen molar-refractivity contribution in [2.45, 2.75) is 38.3 Å². The number of likely N-dealkylation sites (tertiary alicyclic amines) is 1. The molecule has 1 atom stereocenters. The van der Waals surface area contributed by atoms with Crippen molar-refractivity contribution in [3.8, 4) is 17.6 Å². The molecule has 3 amide bonds. The van der Waals surface area contributed by atoms with E-state index in [1.165, 1.54) is 22.6 Å². The van der Waals surface area contributed by atoms with Crippen molar-refractivity contribution in [3.05, 3.63) is 65.5 Å². The van der Waals surface area contributed by atoms with Crippen LogP contribution in [0.2, 0.25) is 0 Å². The first-order chi connectivity index (χ1) is 16.4. The second-order valence-corrected chi connectivity index (χ2v) is 8.92. The number of rotatable bonds is 7. The zero-order valence-electron chi connectivity index (χ0n) is 19.6. The highest BCUT2D eigenvalue weighted by atomic mass is 19.1. The number of imide groups is 1. The molecule has 2 aromatic carbocycles. The van der Waals surface area contributed by atoms with Crippen LogP contribution < -0.4 is 10.1 Å². The third-order valence-corrected chi connectivity index (χ3v) is 6.84. The van der Waals surface area contributed by atoms with Gasteiger partial charge in [0.15, 0.2) is 0 Å². The van der Waals surface area contributed by atoms with Gasteiger partial charge in [-0.2, -0.15) is 0 Å². The van der Waals surface area contributed by atoms with Crippen LogP contribution in [0.4, 0.5) is 9.18 Å². The molecule has 0 unspecified atom stereocenters. The van der Waals surface area contributed by atoms with E-state index >= 15 is 0 Å². The summed E-state index contributed by atoms with van der Waals surface area (Å²) in [7, 11) is 1.65. The van der Waals surface area contributed by atoms with Gasteiger partial charge >= 0.3 is 6.03 Å². The number of halogens is 1. The number of hydrogen-bond donors (Lipinski definition) is 1. The molecule has 2 saturated heterocycles. The minimum Gasteiger partial charge on any atom is -0.497 e. The predicted octanol–water partition coefficient (Wildman–Crippen LogP) is 3.60. The molecule has 7 heteroatoms. The number of methoxy groups -OCH3 is 1. The molecule has 0 spiro atoms. The number of piperidine rings is 1. The molecule has 1 N–H and O–H groups in total. The van der Waals surface area contributed by atoms with Crippen LogP contribution in [0.3, 0.4) is 0 Å². The van der Waals surface area contributed by atoms with Crippen molar-refractivity contribution in [2.75, 3.05) is 26.7 Å². The molecule has 34 heavy (non-hydrogen) atoms. The predicted molar refractivity (Wildman–Crippen MR) is 128 cm³/mol. The van der Waals surface area contributed by atoms with Gasteiger partial charge in [-0.05, 0) is 74.2 Å². The largest absolute Gasteiger partial charge is 0.497 e. The SMILES string of the molecule is CC#CCN1C(=O)N[C@](Cc2cccc(F)c2)(C2CCN(Cc3ccc(OC)cc3)CC2)C1=O. The zero-order chi connectivity index (χ0) is 24.1. The van der Waals surface area contributed by atoms with Crippen LogP contribution in [0, 0.1) is 23.6 Å². The van der Waals surface area contributed by atoms with Crippen LogP contribution in [0.25, 0.3) is 0 Å². The van der Waals surface area contributed by atoms with Gasteiger partial charge in [0.25, 0.3) is 5.91 Å². The first-order valence-electron chi connectivity index (χ1n) is 11.6. The Morgan fingerprint density at radius 2 is 1.85 bits per heavy atom. The molecule has 2 aliphatic rings. The topological polar surface area (TPSA) is 61.9 Å². The van der Waals surface area contributed by atoms with Gasteiger partial charge in [-0.3, -0.25) is 14.6 Å². The number of nitrogens with zero attached hydrogens (tertiary/aromatic N) is 2. The summed E-state index contributed by atoms with van der Waals surface area (Å²) in [6, 6.07) is 13.9. The molecule has 2 heterocycles. The van der Waals surface area contributed by atoms with Gasteiger partial charge in [0.2, 0.25) is 0 Å². The van der Waals surface area contributed by atoms with Crippen molar-refractivity contribution in [2.24, 2.45) is 5.92 Å². The quantitative estimate of drug-likeness (QED) is 0.504. The van der Waals surface area contributed by atoms with Crippen LogP contribution in [-0.4, -0.2) is 54.0 Å². The monoisotopic (exact) mass is 463 g/mol. The lowest BCUT2D eigenvalue weighted by Crippen LogP contribution is -2.57. The van der Waals surface area contributed by atoms with Crippen molar-refractivity contribution in [3.63, 3.8) is 0 Å². The molecule has 2 aliphatic heterocycles. The minimum absolute atomic E-state index is 0.0566. The summed E-state index contributed by atoms with van der Waals surface area (Å²) in [6.45, 7) is 4.16. The van der Waals surface area contributed by atoms with Crippen LogP contribution >= 0.6 is 0 Å². The molecule has 0 aromatic heterocycles. The Hall–Kier alpha value is -3.37. The van der Waals surface area contributed by atoms with Crippen LogP contribution in [0.5, 0.6) is 5.75 Å². The number of hydrogen-bond acceptors (Lipinski definition) is 4. The third kappa shape index (κ3) is 4.92. The van der Waals surface area contributed by atoms with Gasteiger partial charge in [0, 0.05) is 13.0 Å². The fraction of sp³-hybridized carbons (Fsp3) is 0.407. The maximum Gasteiger partial charge on any atom is 0.325 e. The molecule has 2 fully saturated rings. The van der Waals surface area contributed by atoms with Crippen molar-refractivity contribution >= 4 is 11.9 Å². The average molecular weight is 464 g/mol. The number of nitrogens with one attached hydrogen (secondary N) is 1. The lowest BCUT2D eigenvalue weighted by atomic mass is 9.74. The Morgan fingerprint density at radius 1 is 1.12 bits per heavy atom. The van der Waals surface area contributed by atoms with E-state index in [1.54, 1.807) is 26.2 Å². The number of urea groups is 1. The standard InChI is InChI=1S/C27H30FN3O3/c1-3-4-14-31-25(32)27(29-26(31)33,18-21-6-5-7-23(28)17-21)22-12-15-30(16-13-22)19-20-8-10-24(34-2)11-9-20/h5-11,17,22H,12-16,18-19H2,1-2H3,(H,29,33)/t27-/m1/s1. The Morgan fingerprint density at radius 3 is 2.50 bits per heavy atom. The van der Waals surface area contributed by atoms with Crippen LogP contribution in [0.1, 0.15) is 30.9 Å². The molecule has 0 aliphatic carbocycles. The molecule has 178 valence electrons. The molecule has 6 nitrogen and oxygen atoms in total. The van der Waals surface area contributed by atoms with Gasteiger partial charge in [-0.1, -0.05) is 30.2 Å². The van der Waals surface area contributed by atoms with E-state index in [0.29, 0.717) is 5.56 Å². The molecule has 4 rings (SSSR count). The van der Waals surface area contributed by atoms with E-state index in [1.807, 2.05) is 12.1 Å². The lowest BCUT2D eigenvalue weighted by molar-refractivity contribution is -0.133. The summed E-state index contributed by atoms with van der Waals surface area (Å²) in [4.78, 5) is 30.0. The van der Waals surface area contributed by atoms with Gasteiger partial charge in [0.05, 0.1) is 13.7 Å². The number of carbonyl (C=O) groups is 2. The van der Waals surface area contributed by atoms with Gasteiger partial charge in [0.1, 0.15) is 17.1 Å². The molecule has 0 bridgehead atoms. The molecule has 0 saturated carbocycles. The van der Waals surface area contributed by atoms with E-state index in [2.05, 4.69) is 34.2 Å². The average Bonchev–Trinajstić information content (AvgIpc) is 3.08. The highest BCUT2D eigenvalue weighted by molar-refractivity contribution is 6.07. The lowest BCUT2D eigenvalue weighted by Gasteiger charge is -2.41. The highest BCUT2D eigenvalue weighted by Gasteiger charge is 2.55. The van der Waals surface area contributed by atoms with E-state index in [0.717, 1.165) is 38.2 Å². The smallest absolute Gasteiger partial charge is 0.325 e. The second-order valence-electron chi connectivity index (χ2n) is 8.92. The summed E-state index contributed by atoms with van der Waals surface area (Å²) < 4.78 is 19.1. The van der Waals surface area contributed by atoms with Crippen LogP contribution in [-0.2, 0) is 17.8 Å². The van der Waals surface area contributed by atoms with Gasteiger partial charge in [-0.25, -0.2) is 9.18 Å². The zero-order valence-corrected chi connectivity index (χ0v) is 19.6. The first-order valence-corrected chi connectivity index (χ1v) is 11.6. The third-order valence-electron chi connectivity index (χ3n) is 6.84. The number of carbonyl (C=O) groups excluding carboxylic acids is 2. The maximum absolute atomic E-state index is 13.9. The molecular formula is C27H30FN3O3. The molecular weight excluding hydrogens is 433 g/mol. The van der Waals surface area contributed by atoms with Crippen molar-refractivity contribution in [1.29, 1.82) is 0 Å². The Bertz CT molecular complexity index is 1100. The summed E-state index contributed by atoms with van der Waals surface area (Å²) in [5.41, 5.74) is 0.799. The number of amides is 3. The van der Waals surface area contributed by atoms with E-state index < -0.39 is 11.6 Å². The molecule has 2 aromatic rings.